The average molecular weight is 368 g/mol. The van der Waals surface area contributed by atoms with Crippen LogP contribution in [-0.2, 0) is 4.74 Å². The van der Waals surface area contributed by atoms with Gasteiger partial charge in [0.1, 0.15) is 0 Å². The number of ether oxygens (including phenoxy) is 1. The van der Waals surface area contributed by atoms with Crippen LogP contribution in [0.25, 0.3) is 0 Å². The molecule has 0 aliphatic carbocycles. The van der Waals surface area contributed by atoms with Crippen LogP contribution in [-0.4, -0.2) is 52.4 Å². The molecule has 0 aliphatic heterocycles. The van der Waals surface area contributed by atoms with Crippen molar-refractivity contribution in [2.45, 2.75) is 58.6 Å². The Labute approximate surface area is 156 Å². The van der Waals surface area contributed by atoms with E-state index in [2.05, 4.69) is 19.1 Å². The number of thioether (sulfide) groups is 1. The summed E-state index contributed by atoms with van der Waals surface area (Å²) in [5.41, 5.74) is 0.931. The minimum atomic E-state index is -0.290. The van der Waals surface area contributed by atoms with Crippen molar-refractivity contribution in [2.75, 3.05) is 24.7 Å². The smallest absolute Gasteiger partial charge is 0.410 e. The Balaban J connectivity index is 2.50. The van der Waals surface area contributed by atoms with E-state index in [1.54, 1.807) is 18.7 Å². The van der Waals surface area contributed by atoms with Gasteiger partial charge in [-0.05, 0) is 51.3 Å². The number of nitrogens with zero attached hydrogens (tertiary/aromatic N) is 1. The lowest BCUT2D eigenvalue weighted by Crippen LogP contribution is -2.47. The summed E-state index contributed by atoms with van der Waals surface area (Å²) < 4.78 is 5.49. The van der Waals surface area contributed by atoms with Crippen molar-refractivity contribution in [1.29, 1.82) is 0 Å². The van der Waals surface area contributed by atoms with E-state index in [9.17, 15) is 9.90 Å². The molecule has 0 radical (unpaired) electrons. The minimum Gasteiger partial charge on any atom is -0.449 e. The standard InChI is InChI=1S/C20H33NO3S/c1-16(18-10-7-6-8-11-18)14-21(20(3,4)5)19(23)24-12-9-13-25-15-17(2)22/h6-8,10-11,16-17,22H,9,12-15H2,1-5H3. The molecule has 0 saturated heterocycles. The fraction of sp³-hybridized carbons (Fsp3) is 0.650. The molecule has 0 spiro atoms. The van der Waals surface area contributed by atoms with Crippen molar-refractivity contribution in [3.63, 3.8) is 0 Å². The predicted molar refractivity (Wildman–Crippen MR) is 106 cm³/mol. The second-order valence-corrected chi connectivity index (χ2v) is 8.63. The van der Waals surface area contributed by atoms with Crippen molar-refractivity contribution in [1.82, 2.24) is 4.90 Å². The van der Waals surface area contributed by atoms with E-state index in [0.717, 1.165) is 17.9 Å². The first-order valence-corrected chi connectivity index (χ1v) is 10.1. The molecule has 0 heterocycles. The van der Waals surface area contributed by atoms with Crippen LogP contribution >= 0.6 is 11.8 Å². The third-order valence-electron chi connectivity index (χ3n) is 3.87. The fourth-order valence-corrected chi connectivity index (χ4v) is 3.27. The highest BCUT2D eigenvalue weighted by atomic mass is 32.2. The zero-order valence-electron chi connectivity index (χ0n) is 16.2. The Bertz CT molecular complexity index is 499. The van der Waals surface area contributed by atoms with E-state index in [1.165, 1.54) is 5.56 Å². The van der Waals surface area contributed by atoms with E-state index in [-0.39, 0.29) is 23.7 Å². The number of benzene rings is 1. The van der Waals surface area contributed by atoms with Gasteiger partial charge in [-0.3, -0.25) is 0 Å². The van der Waals surface area contributed by atoms with Crippen molar-refractivity contribution < 1.29 is 14.6 Å². The first kappa shape index (κ1) is 21.8. The second kappa shape index (κ2) is 10.7. The quantitative estimate of drug-likeness (QED) is 0.652. The van der Waals surface area contributed by atoms with Gasteiger partial charge in [0, 0.05) is 17.8 Å². The summed E-state index contributed by atoms with van der Waals surface area (Å²) in [4.78, 5) is 14.4. The molecule has 4 nitrogen and oxygen atoms in total. The zero-order chi connectivity index (χ0) is 18.9. The van der Waals surface area contributed by atoms with Crippen LogP contribution in [0.4, 0.5) is 4.79 Å². The van der Waals surface area contributed by atoms with Crippen molar-refractivity contribution in [3.05, 3.63) is 35.9 Å². The first-order valence-electron chi connectivity index (χ1n) is 8.97. The van der Waals surface area contributed by atoms with Gasteiger partial charge in [0.25, 0.3) is 0 Å². The Morgan fingerprint density at radius 2 is 1.88 bits per heavy atom. The Kier molecular flexibility index (Phi) is 9.36. The highest BCUT2D eigenvalue weighted by Gasteiger charge is 2.29. The summed E-state index contributed by atoms with van der Waals surface area (Å²) in [6.45, 7) is 11.1. The molecule has 1 N–H and O–H groups in total. The number of carbonyl (C=O) groups excluding carboxylic acids is 1. The van der Waals surface area contributed by atoms with Gasteiger partial charge >= 0.3 is 6.09 Å². The molecular formula is C20H33NO3S. The Hall–Kier alpha value is -1.20. The van der Waals surface area contributed by atoms with Crippen LogP contribution in [0.2, 0.25) is 0 Å². The minimum absolute atomic E-state index is 0.245. The van der Waals surface area contributed by atoms with Crippen molar-refractivity contribution in [3.8, 4) is 0 Å². The zero-order valence-corrected chi connectivity index (χ0v) is 17.0. The number of aliphatic hydroxyl groups is 1. The molecule has 0 fully saturated rings. The largest absolute Gasteiger partial charge is 0.449 e. The number of hydrogen-bond donors (Lipinski definition) is 1. The summed E-state index contributed by atoms with van der Waals surface area (Å²) in [7, 11) is 0. The SMILES string of the molecule is CC(O)CSCCCOC(=O)N(CC(C)c1ccccc1)C(C)(C)C. The maximum atomic E-state index is 12.6. The molecule has 25 heavy (non-hydrogen) atoms. The molecule has 5 heteroatoms. The Morgan fingerprint density at radius 1 is 1.24 bits per heavy atom. The molecular weight excluding hydrogens is 334 g/mol. The topological polar surface area (TPSA) is 49.8 Å². The van der Waals surface area contributed by atoms with Gasteiger partial charge in [-0.1, -0.05) is 37.3 Å². The van der Waals surface area contributed by atoms with Gasteiger partial charge in [0.15, 0.2) is 0 Å². The molecule has 0 saturated carbocycles. The van der Waals surface area contributed by atoms with Gasteiger partial charge in [-0.25, -0.2) is 4.79 Å². The second-order valence-electron chi connectivity index (χ2n) is 7.49. The van der Waals surface area contributed by atoms with Gasteiger partial charge in [0.2, 0.25) is 0 Å². The molecule has 1 amide bonds. The highest BCUT2D eigenvalue weighted by Crippen LogP contribution is 2.22. The molecule has 142 valence electrons. The molecule has 0 aliphatic rings. The highest BCUT2D eigenvalue weighted by molar-refractivity contribution is 7.99. The van der Waals surface area contributed by atoms with E-state index in [0.29, 0.717) is 13.2 Å². The van der Waals surface area contributed by atoms with Crippen LogP contribution < -0.4 is 0 Å². The molecule has 2 atom stereocenters. The number of carbonyl (C=O) groups is 1. The van der Waals surface area contributed by atoms with Crippen LogP contribution in [0.5, 0.6) is 0 Å². The summed E-state index contributed by atoms with van der Waals surface area (Å²) >= 11 is 1.68. The van der Waals surface area contributed by atoms with E-state index in [1.807, 2.05) is 43.9 Å². The lowest BCUT2D eigenvalue weighted by atomic mass is 9.98. The first-order chi connectivity index (χ1) is 11.7. The Morgan fingerprint density at radius 3 is 2.44 bits per heavy atom. The van der Waals surface area contributed by atoms with Crippen LogP contribution in [0.3, 0.4) is 0 Å². The van der Waals surface area contributed by atoms with Crippen LogP contribution in [0.15, 0.2) is 30.3 Å². The molecule has 1 aromatic carbocycles. The van der Waals surface area contributed by atoms with E-state index in [4.69, 9.17) is 4.74 Å². The summed E-state index contributed by atoms with van der Waals surface area (Å²) in [6.07, 6.45) is 0.259. The third-order valence-corrected chi connectivity index (χ3v) is 5.17. The molecule has 0 aromatic heterocycles. The lowest BCUT2D eigenvalue weighted by molar-refractivity contribution is 0.0653. The average Bonchev–Trinajstić information content (AvgIpc) is 2.54. The fourth-order valence-electron chi connectivity index (χ4n) is 2.44. The summed E-state index contributed by atoms with van der Waals surface area (Å²) in [5.74, 6) is 1.85. The molecule has 1 rings (SSSR count). The van der Waals surface area contributed by atoms with Gasteiger partial charge < -0.3 is 14.7 Å². The maximum absolute atomic E-state index is 12.6. The van der Waals surface area contributed by atoms with Gasteiger partial charge in [0.05, 0.1) is 12.7 Å². The van der Waals surface area contributed by atoms with Crippen LogP contribution in [0.1, 0.15) is 52.5 Å². The number of hydrogen-bond acceptors (Lipinski definition) is 4. The monoisotopic (exact) mass is 367 g/mol. The number of rotatable bonds is 9. The van der Waals surface area contributed by atoms with Gasteiger partial charge in [-0.2, -0.15) is 11.8 Å². The molecule has 1 aromatic rings. The normalized spacial score (nSPS) is 14.0. The maximum Gasteiger partial charge on any atom is 0.410 e. The van der Waals surface area contributed by atoms with Crippen molar-refractivity contribution >= 4 is 17.9 Å². The van der Waals surface area contributed by atoms with E-state index >= 15 is 0 Å². The summed E-state index contributed by atoms with van der Waals surface area (Å²) in [5, 5.41) is 9.22. The summed E-state index contributed by atoms with van der Waals surface area (Å²) in [6, 6.07) is 10.2. The van der Waals surface area contributed by atoms with Crippen molar-refractivity contribution in [2.24, 2.45) is 0 Å². The molecule has 2 unspecified atom stereocenters. The molecule has 0 bridgehead atoms. The third kappa shape index (κ3) is 8.63. The predicted octanol–water partition coefficient (Wildman–Crippen LogP) is 4.53. The van der Waals surface area contributed by atoms with Crippen LogP contribution in [0, 0.1) is 0 Å². The number of aliphatic hydroxyl groups excluding tert-OH is 1. The lowest BCUT2D eigenvalue weighted by Gasteiger charge is -2.36. The van der Waals surface area contributed by atoms with E-state index < -0.39 is 0 Å². The van der Waals surface area contributed by atoms with Gasteiger partial charge in [-0.15, -0.1) is 0 Å². The number of amides is 1.